The molecule has 0 radical (unpaired) electrons. The van der Waals surface area contributed by atoms with Crippen LogP contribution < -0.4 is 10.6 Å². The standard InChI is InChI=1S/C30H42ClN3O4/c1-10-34(28(36)23(17-18(2)3)32-29(37)38-30(7,8)9)26(24-19(4)13-11-14-20(24)5)27(35)33-25-21(6)15-12-16-22(25)31/h11-16,18,23,26H,10,17H2,1-9H3,(H,32,37)(H,33,35). The Bertz CT molecular complexity index is 1120. The summed E-state index contributed by atoms with van der Waals surface area (Å²) in [4.78, 5) is 42.3. The monoisotopic (exact) mass is 543 g/mol. The average Bonchev–Trinajstić information content (AvgIpc) is 2.78. The Labute approximate surface area is 232 Å². The van der Waals surface area contributed by atoms with Crippen molar-refractivity contribution in [1.82, 2.24) is 10.2 Å². The number of benzene rings is 2. The van der Waals surface area contributed by atoms with E-state index in [2.05, 4.69) is 10.6 Å². The molecule has 0 heterocycles. The Balaban J connectivity index is 2.57. The highest BCUT2D eigenvalue weighted by Crippen LogP contribution is 2.32. The van der Waals surface area contributed by atoms with E-state index in [0.29, 0.717) is 17.1 Å². The summed E-state index contributed by atoms with van der Waals surface area (Å²) < 4.78 is 5.43. The number of nitrogens with zero attached hydrogens (tertiary/aromatic N) is 1. The summed E-state index contributed by atoms with van der Waals surface area (Å²) in [6.07, 6.45) is -0.286. The van der Waals surface area contributed by atoms with Gasteiger partial charge in [0.25, 0.3) is 5.91 Å². The molecule has 2 aromatic carbocycles. The lowest BCUT2D eigenvalue weighted by molar-refractivity contribution is -0.140. The minimum Gasteiger partial charge on any atom is -0.444 e. The molecule has 0 aromatic heterocycles. The van der Waals surface area contributed by atoms with Crippen LogP contribution in [0.3, 0.4) is 0 Å². The molecule has 38 heavy (non-hydrogen) atoms. The number of carbonyl (C=O) groups is 3. The maximum atomic E-state index is 14.1. The summed E-state index contributed by atoms with van der Waals surface area (Å²) in [5.74, 6) is -0.629. The van der Waals surface area contributed by atoms with E-state index in [1.807, 2.05) is 71.9 Å². The van der Waals surface area contributed by atoms with Crippen LogP contribution in [0.15, 0.2) is 36.4 Å². The average molecular weight is 544 g/mol. The zero-order chi connectivity index (χ0) is 28.8. The van der Waals surface area contributed by atoms with E-state index in [0.717, 1.165) is 22.3 Å². The van der Waals surface area contributed by atoms with Gasteiger partial charge < -0.3 is 20.3 Å². The molecule has 0 aliphatic rings. The summed E-state index contributed by atoms with van der Waals surface area (Å²) in [7, 11) is 0. The smallest absolute Gasteiger partial charge is 0.408 e. The molecule has 7 nitrogen and oxygen atoms in total. The number of halogens is 1. The highest BCUT2D eigenvalue weighted by atomic mass is 35.5. The number of hydrogen-bond donors (Lipinski definition) is 2. The summed E-state index contributed by atoms with van der Waals surface area (Å²) in [5, 5.41) is 6.15. The third-order valence-corrected chi connectivity index (χ3v) is 6.48. The summed E-state index contributed by atoms with van der Waals surface area (Å²) in [6.45, 7) is 17.0. The molecule has 0 aliphatic carbocycles. The second kappa shape index (κ2) is 13.1. The third kappa shape index (κ3) is 8.22. The first-order chi connectivity index (χ1) is 17.7. The Kier molecular flexibility index (Phi) is 10.8. The van der Waals surface area contributed by atoms with Gasteiger partial charge >= 0.3 is 6.09 Å². The van der Waals surface area contributed by atoms with E-state index in [1.54, 1.807) is 26.8 Å². The van der Waals surface area contributed by atoms with Gasteiger partial charge in [-0.3, -0.25) is 9.59 Å². The molecule has 2 N–H and O–H groups in total. The molecule has 0 bridgehead atoms. The van der Waals surface area contributed by atoms with E-state index >= 15 is 0 Å². The van der Waals surface area contributed by atoms with Gasteiger partial charge in [0, 0.05) is 6.54 Å². The van der Waals surface area contributed by atoms with Crippen LogP contribution in [-0.4, -0.2) is 41.0 Å². The van der Waals surface area contributed by atoms with E-state index in [-0.39, 0.29) is 24.3 Å². The first-order valence-electron chi connectivity index (χ1n) is 13.1. The van der Waals surface area contributed by atoms with E-state index < -0.39 is 23.8 Å². The first kappa shape index (κ1) is 31.2. The number of aryl methyl sites for hydroxylation is 3. The van der Waals surface area contributed by atoms with Gasteiger partial charge in [-0.15, -0.1) is 0 Å². The Morgan fingerprint density at radius 1 is 0.974 bits per heavy atom. The Morgan fingerprint density at radius 3 is 2.03 bits per heavy atom. The Morgan fingerprint density at radius 2 is 1.53 bits per heavy atom. The van der Waals surface area contributed by atoms with Gasteiger partial charge in [0.05, 0.1) is 10.7 Å². The van der Waals surface area contributed by atoms with Gasteiger partial charge in [0.15, 0.2) is 0 Å². The van der Waals surface area contributed by atoms with Crippen molar-refractivity contribution in [3.63, 3.8) is 0 Å². The minimum absolute atomic E-state index is 0.107. The zero-order valence-corrected chi connectivity index (χ0v) is 24.8. The Hall–Kier alpha value is -3.06. The van der Waals surface area contributed by atoms with Crippen LogP contribution in [0, 0.1) is 26.7 Å². The first-order valence-corrected chi connectivity index (χ1v) is 13.5. The molecule has 3 amide bonds. The highest BCUT2D eigenvalue weighted by Gasteiger charge is 2.37. The van der Waals surface area contributed by atoms with Gasteiger partial charge in [0.1, 0.15) is 17.7 Å². The predicted molar refractivity (Wildman–Crippen MR) is 153 cm³/mol. The topological polar surface area (TPSA) is 87.7 Å². The molecule has 208 valence electrons. The third-order valence-electron chi connectivity index (χ3n) is 6.17. The van der Waals surface area contributed by atoms with Crippen LogP contribution in [0.4, 0.5) is 10.5 Å². The van der Waals surface area contributed by atoms with Crippen molar-refractivity contribution in [3.05, 3.63) is 63.7 Å². The van der Waals surface area contributed by atoms with Gasteiger partial charge in [-0.2, -0.15) is 0 Å². The molecular formula is C30H42ClN3O4. The van der Waals surface area contributed by atoms with E-state index in [4.69, 9.17) is 16.3 Å². The van der Waals surface area contributed by atoms with Crippen molar-refractivity contribution in [2.75, 3.05) is 11.9 Å². The number of amides is 3. The summed E-state index contributed by atoms with van der Waals surface area (Å²) >= 11 is 6.42. The zero-order valence-electron chi connectivity index (χ0n) is 24.1. The van der Waals surface area contributed by atoms with Crippen molar-refractivity contribution in [1.29, 1.82) is 0 Å². The molecule has 0 saturated heterocycles. The predicted octanol–water partition coefficient (Wildman–Crippen LogP) is 6.73. The second-order valence-corrected chi connectivity index (χ2v) is 11.5. The number of nitrogens with one attached hydrogen (secondary N) is 2. The molecule has 2 rings (SSSR count). The van der Waals surface area contributed by atoms with Gasteiger partial charge in [-0.05, 0) is 89.1 Å². The molecule has 0 fully saturated rings. The van der Waals surface area contributed by atoms with Crippen LogP contribution in [0.2, 0.25) is 5.02 Å². The summed E-state index contributed by atoms with van der Waals surface area (Å²) in [6, 6.07) is 9.35. The number of likely N-dealkylation sites (N-methyl/N-ethyl adjacent to an activating group) is 1. The molecule has 2 atom stereocenters. The molecular weight excluding hydrogens is 502 g/mol. The SMILES string of the molecule is CCN(C(=O)C(CC(C)C)NC(=O)OC(C)(C)C)C(C(=O)Nc1c(C)cccc1Cl)c1c(C)cccc1C. The second-order valence-electron chi connectivity index (χ2n) is 11.1. The number of ether oxygens (including phenoxy) is 1. The lowest BCUT2D eigenvalue weighted by Crippen LogP contribution is -2.53. The maximum absolute atomic E-state index is 14.1. The number of anilines is 1. The number of carbonyl (C=O) groups excluding carboxylic acids is 3. The lowest BCUT2D eigenvalue weighted by Gasteiger charge is -2.35. The number of para-hydroxylation sites is 1. The van der Waals surface area contributed by atoms with Crippen molar-refractivity contribution in [2.45, 2.75) is 86.4 Å². The van der Waals surface area contributed by atoms with Crippen molar-refractivity contribution < 1.29 is 19.1 Å². The number of rotatable bonds is 9. The number of alkyl carbamates (subject to hydrolysis) is 1. The van der Waals surface area contributed by atoms with Crippen LogP contribution in [-0.2, 0) is 14.3 Å². The summed E-state index contributed by atoms with van der Waals surface area (Å²) in [5.41, 5.74) is 3.10. The van der Waals surface area contributed by atoms with Crippen LogP contribution in [0.5, 0.6) is 0 Å². The van der Waals surface area contributed by atoms with E-state index in [1.165, 1.54) is 4.90 Å². The van der Waals surface area contributed by atoms with Crippen LogP contribution >= 0.6 is 11.6 Å². The van der Waals surface area contributed by atoms with Crippen LogP contribution in [0.25, 0.3) is 0 Å². The highest BCUT2D eigenvalue weighted by molar-refractivity contribution is 6.34. The normalized spacial score (nSPS) is 13.0. The number of hydrogen-bond acceptors (Lipinski definition) is 4. The van der Waals surface area contributed by atoms with E-state index in [9.17, 15) is 14.4 Å². The van der Waals surface area contributed by atoms with Crippen LogP contribution in [0.1, 0.15) is 76.3 Å². The molecule has 8 heteroatoms. The quantitative estimate of drug-likeness (QED) is 0.367. The molecule has 0 spiro atoms. The fourth-order valence-electron chi connectivity index (χ4n) is 4.48. The molecule has 2 aromatic rings. The van der Waals surface area contributed by atoms with Gasteiger partial charge in [0.2, 0.25) is 5.91 Å². The van der Waals surface area contributed by atoms with Crippen molar-refractivity contribution in [3.8, 4) is 0 Å². The molecule has 2 unspecified atom stereocenters. The molecule has 0 saturated carbocycles. The molecule has 0 aliphatic heterocycles. The lowest BCUT2D eigenvalue weighted by atomic mass is 9.93. The van der Waals surface area contributed by atoms with Crippen molar-refractivity contribution in [2.24, 2.45) is 5.92 Å². The van der Waals surface area contributed by atoms with Crippen molar-refractivity contribution >= 4 is 35.2 Å². The fourth-order valence-corrected chi connectivity index (χ4v) is 4.75. The largest absolute Gasteiger partial charge is 0.444 e. The minimum atomic E-state index is -0.945. The fraction of sp³-hybridized carbons (Fsp3) is 0.500. The van der Waals surface area contributed by atoms with Gasteiger partial charge in [-0.1, -0.05) is 55.8 Å². The maximum Gasteiger partial charge on any atom is 0.408 e. The van der Waals surface area contributed by atoms with Gasteiger partial charge in [-0.25, -0.2) is 4.79 Å².